The molecule has 33 heavy (non-hydrogen) atoms. The number of halogens is 1. The van der Waals surface area contributed by atoms with E-state index in [0.717, 1.165) is 24.3 Å². The standard InChI is InChI=1S/C21H17ClN8O2.H2S/c1-32-13-4-2-3-12(9-13)30-19(27-29-8-5-14(22)17(29)21(30)31)15-6-7-28(15)20-16-18(24-10-23-16)25-11-26-20;/h2-5,8-11,15H,6-7H2,1H3,(H,23,24,25,26);1H2/t15-;/m0./s1. The van der Waals surface area contributed by atoms with Gasteiger partial charge in [0.25, 0.3) is 5.56 Å². The Bertz CT molecular complexity index is 1540. The summed E-state index contributed by atoms with van der Waals surface area (Å²) in [5.41, 5.74) is 2.06. The van der Waals surface area contributed by atoms with E-state index in [-0.39, 0.29) is 25.1 Å². The van der Waals surface area contributed by atoms with Crippen LogP contribution in [0.2, 0.25) is 5.02 Å². The fourth-order valence-corrected chi connectivity index (χ4v) is 4.37. The van der Waals surface area contributed by atoms with Gasteiger partial charge in [-0.3, -0.25) is 9.36 Å². The van der Waals surface area contributed by atoms with Gasteiger partial charge in [0.1, 0.15) is 23.1 Å². The average Bonchev–Trinajstić information content (AvgIpc) is 3.40. The molecular weight excluding hydrogens is 464 g/mol. The van der Waals surface area contributed by atoms with Crippen molar-refractivity contribution in [3.05, 3.63) is 70.4 Å². The number of hydrogen-bond acceptors (Lipinski definition) is 7. The fourth-order valence-electron chi connectivity index (χ4n) is 4.14. The van der Waals surface area contributed by atoms with Gasteiger partial charge in [-0.2, -0.15) is 18.6 Å². The van der Waals surface area contributed by atoms with Crippen LogP contribution >= 0.6 is 25.1 Å². The van der Waals surface area contributed by atoms with Crippen LogP contribution in [0.15, 0.2) is 54.0 Å². The van der Waals surface area contributed by atoms with Crippen molar-refractivity contribution in [3.63, 3.8) is 0 Å². The molecular formula is C21H19ClN8O2S. The van der Waals surface area contributed by atoms with Crippen LogP contribution in [0.4, 0.5) is 5.82 Å². The van der Waals surface area contributed by atoms with E-state index in [2.05, 4.69) is 24.8 Å². The maximum absolute atomic E-state index is 13.6. The van der Waals surface area contributed by atoms with Gasteiger partial charge in [0, 0.05) is 18.8 Å². The summed E-state index contributed by atoms with van der Waals surface area (Å²) in [6.45, 7) is 0.758. The molecule has 1 aromatic carbocycles. The molecule has 0 spiro atoms. The molecule has 0 amide bonds. The first-order valence-electron chi connectivity index (χ1n) is 10.0. The minimum atomic E-state index is -0.250. The lowest BCUT2D eigenvalue weighted by atomic mass is 10.0. The highest BCUT2D eigenvalue weighted by atomic mass is 35.5. The molecule has 0 bridgehead atoms. The summed E-state index contributed by atoms with van der Waals surface area (Å²) < 4.78 is 8.52. The highest BCUT2D eigenvalue weighted by molar-refractivity contribution is 7.59. The van der Waals surface area contributed by atoms with Crippen LogP contribution in [-0.4, -0.2) is 47.8 Å². The van der Waals surface area contributed by atoms with Crippen molar-refractivity contribution in [2.75, 3.05) is 18.6 Å². The Morgan fingerprint density at radius 2 is 2.09 bits per heavy atom. The second-order valence-corrected chi connectivity index (χ2v) is 7.86. The minimum Gasteiger partial charge on any atom is -0.497 e. The number of anilines is 1. The van der Waals surface area contributed by atoms with Gasteiger partial charge in [-0.25, -0.2) is 19.5 Å². The Labute approximate surface area is 199 Å². The third-order valence-corrected chi connectivity index (χ3v) is 6.07. The third-order valence-electron chi connectivity index (χ3n) is 5.77. The molecule has 1 fully saturated rings. The molecule has 5 aromatic rings. The third kappa shape index (κ3) is 3.23. The molecule has 1 aliphatic heterocycles. The summed E-state index contributed by atoms with van der Waals surface area (Å²) in [6, 6.07) is 8.81. The van der Waals surface area contributed by atoms with Crippen LogP contribution in [0.25, 0.3) is 22.4 Å². The van der Waals surface area contributed by atoms with Gasteiger partial charge in [0.15, 0.2) is 17.3 Å². The fraction of sp³-hybridized carbons (Fsp3) is 0.190. The van der Waals surface area contributed by atoms with E-state index >= 15 is 0 Å². The second kappa shape index (κ2) is 8.09. The largest absolute Gasteiger partial charge is 0.497 e. The number of fused-ring (bicyclic) bond motifs is 2. The number of ether oxygens (including phenoxy) is 1. The summed E-state index contributed by atoms with van der Waals surface area (Å²) >= 11 is 6.32. The Morgan fingerprint density at radius 3 is 2.88 bits per heavy atom. The van der Waals surface area contributed by atoms with Crippen LogP contribution in [0, 0.1) is 0 Å². The minimum absolute atomic E-state index is 0. The summed E-state index contributed by atoms with van der Waals surface area (Å²) in [5, 5.41) is 5.15. The smallest absolute Gasteiger partial charge is 0.284 e. The number of benzene rings is 1. The average molecular weight is 483 g/mol. The highest BCUT2D eigenvalue weighted by Gasteiger charge is 2.36. The van der Waals surface area contributed by atoms with Crippen molar-refractivity contribution in [2.45, 2.75) is 12.5 Å². The number of hydrogen-bond donors (Lipinski definition) is 1. The van der Waals surface area contributed by atoms with Gasteiger partial charge in [-0.05, 0) is 24.6 Å². The molecule has 0 unspecified atom stereocenters. The molecule has 4 aromatic heterocycles. The Balaban J connectivity index is 0.00000228. The monoisotopic (exact) mass is 482 g/mol. The van der Waals surface area contributed by atoms with E-state index < -0.39 is 0 Å². The maximum Gasteiger partial charge on any atom is 0.284 e. The number of nitrogens with zero attached hydrogens (tertiary/aromatic N) is 7. The first-order chi connectivity index (χ1) is 15.7. The number of aromatic amines is 1. The van der Waals surface area contributed by atoms with E-state index in [1.807, 2.05) is 18.2 Å². The highest BCUT2D eigenvalue weighted by Crippen LogP contribution is 2.38. The maximum atomic E-state index is 13.6. The van der Waals surface area contributed by atoms with E-state index in [4.69, 9.17) is 21.4 Å². The van der Waals surface area contributed by atoms with Crippen LogP contribution < -0.4 is 15.2 Å². The van der Waals surface area contributed by atoms with Gasteiger partial charge in [0.05, 0.1) is 30.2 Å². The lowest BCUT2D eigenvalue weighted by Crippen LogP contribution is -2.45. The molecule has 12 heteroatoms. The van der Waals surface area contributed by atoms with Gasteiger partial charge in [0.2, 0.25) is 0 Å². The molecule has 168 valence electrons. The quantitative estimate of drug-likeness (QED) is 0.419. The number of rotatable bonds is 4. The molecule has 1 atom stereocenters. The summed E-state index contributed by atoms with van der Waals surface area (Å²) in [7, 11) is 1.59. The molecule has 6 rings (SSSR count). The van der Waals surface area contributed by atoms with Crippen molar-refractivity contribution in [1.29, 1.82) is 0 Å². The van der Waals surface area contributed by atoms with Crippen LogP contribution in [0.1, 0.15) is 18.3 Å². The van der Waals surface area contributed by atoms with Crippen molar-refractivity contribution < 1.29 is 4.74 Å². The van der Waals surface area contributed by atoms with Gasteiger partial charge >= 0.3 is 0 Å². The zero-order valence-electron chi connectivity index (χ0n) is 17.4. The van der Waals surface area contributed by atoms with Gasteiger partial charge < -0.3 is 14.6 Å². The zero-order chi connectivity index (χ0) is 21.8. The number of nitrogens with one attached hydrogen (secondary N) is 1. The van der Waals surface area contributed by atoms with E-state index in [0.29, 0.717) is 33.4 Å². The molecule has 1 aliphatic rings. The van der Waals surface area contributed by atoms with Crippen molar-refractivity contribution in [2.24, 2.45) is 0 Å². The predicted molar refractivity (Wildman–Crippen MR) is 129 cm³/mol. The van der Waals surface area contributed by atoms with E-state index in [1.165, 1.54) is 6.33 Å². The van der Waals surface area contributed by atoms with E-state index in [1.54, 1.807) is 40.8 Å². The Kier molecular flexibility index (Phi) is 5.22. The van der Waals surface area contributed by atoms with Crippen molar-refractivity contribution >= 4 is 47.6 Å². The molecule has 1 N–H and O–H groups in total. The summed E-state index contributed by atoms with van der Waals surface area (Å²) in [5.74, 6) is 1.95. The topological polar surface area (TPSA) is 106 Å². The first-order valence-corrected chi connectivity index (χ1v) is 10.4. The van der Waals surface area contributed by atoms with Crippen LogP contribution in [0.3, 0.4) is 0 Å². The number of aromatic nitrogens is 7. The summed E-state index contributed by atoms with van der Waals surface area (Å²) in [4.78, 5) is 31.7. The first kappa shape index (κ1) is 21.3. The molecule has 0 aliphatic carbocycles. The molecule has 5 heterocycles. The normalized spacial score (nSPS) is 15.5. The Morgan fingerprint density at radius 1 is 1.21 bits per heavy atom. The zero-order valence-corrected chi connectivity index (χ0v) is 19.2. The molecule has 10 nitrogen and oxygen atoms in total. The van der Waals surface area contributed by atoms with Crippen LogP contribution in [0.5, 0.6) is 5.75 Å². The lowest BCUT2D eigenvalue weighted by Gasteiger charge is -2.41. The number of H-pyrrole nitrogens is 1. The number of methoxy groups -OCH3 is 1. The van der Waals surface area contributed by atoms with Gasteiger partial charge in [-0.15, -0.1) is 0 Å². The number of imidazole rings is 1. The predicted octanol–water partition coefficient (Wildman–Crippen LogP) is 2.88. The van der Waals surface area contributed by atoms with Crippen molar-refractivity contribution in [1.82, 2.24) is 34.1 Å². The SMILES string of the molecule is COc1cccc(-n2c([C@@H]3CCN3c3ncnc4nc[nH]c34)nn3ccc(Cl)c3c2=O)c1.S. The van der Waals surface area contributed by atoms with Crippen LogP contribution in [-0.2, 0) is 0 Å². The lowest BCUT2D eigenvalue weighted by molar-refractivity contribution is 0.412. The summed E-state index contributed by atoms with van der Waals surface area (Å²) in [6.07, 6.45) is 5.58. The van der Waals surface area contributed by atoms with E-state index in [9.17, 15) is 4.79 Å². The molecule has 0 saturated carbocycles. The Hall–Kier alpha value is -3.57. The molecule has 1 saturated heterocycles. The second-order valence-electron chi connectivity index (χ2n) is 7.45. The van der Waals surface area contributed by atoms with Gasteiger partial charge in [-0.1, -0.05) is 17.7 Å². The molecule has 0 radical (unpaired) electrons. The van der Waals surface area contributed by atoms with Crippen molar-refractivity contribution in [3.8, 4) is 11.4 Å².